The lowest BCUT2D eigenvalue weighted by molar-refractivity contribution is 0.266. The summed E-state index contributed by atoms with van der Waals surface area (Å²) in [5.41, 5.74) is 0. The van der Waals surface area contributed by atoms with Gasteiger partial charge >= 0.3 is 0 Å². The minimum atomic E-state index is 0.161. The van der Waals surface area contributed by atoms with E-state index in [1.807, 2.05) is 0 Å². The fraction of sp³-hybridized carbons (Fsp3) is 0.556. The lowest BCUT2D eigenvalue weighted by atomic mass is 10.2. The van der Waals surface area contributed by atoms with Crippen molar-refractivity contribution in [3.8, 4) is 0 Å². The summed E-state index contributed by atoms with van der Waals surface area (Å²) in [6, 6.07) is 0.169. The third kappa shape index (κ3) is 1.81. The summed E-state index contributed by atoms with van der Waals surface area (Å²) < 4.78 is 0. The lowest BCUT2D eigenvalue weighted by Crippen LogP contribution is -2.32. The average molecular weight is 214 g/mol. The smallest absolute Gasteiger partial charge is 0.149 e. The first-order valence-electron chi connectivity index (χ1n) is 4.66. The predicted molar refractivity (Wildman–Crippen MR) is 54.5 cm³/mol. The van der Waals surface area contributed by atoms with Gasteiger partial charge in [0.1, 0.15) is 11.0 Å². The van der Waals surface area contributed by atoms with Gasteiger partial charge in [0.2, 0.25) is 0 Å². The zero-order valence-electron chi connectivity index (χ0n) is 7.73. The number of halogens is 1. The molecule has 0 spiro atoms. The van der Waals surface area contributed by atoms with Gasteiger partial charge in [0.05, 0.1) is 25.0 Å². The van der Waals surface area contributed by atoms with E-state index in [9.17, 15) is 0 Å². The van der Waals surface area contributed by atoms with Crippen LogP contribution < -0.4 is 4.90 Å². The van der Waals surface area contributed by atoms with Gasteiger partial charge in [-0.3, -0.25) is 4.98 Å². The topological polar surface area (TPSA) is 49.2 Å². The highest BCUT2D eigenvalue weighted by Gasteiger charge is 2.24. The third-order valence-electron chi connectivity index (χ3n) is 2.47. The number of nitrogens with zero attached hydrogens (tertiary/aromatic N) is 3. The van der Waals surface area contributed by atoms with Crippen molar-refractivity contribution in [2.75, 3.05) is 18.1 Å². The monoisotopic (exact) mass is 213 g/mol. The molecule has 2 heterocycles. The molecular formula is C9H12ClN3O. The summed E-state index contributed by atoms with van der Waals surface area (Å²) in [4.78, 5) is 10.2. The highest BCUT2D eigenvalue weighted by Crippen LogP contribution is 2.23. The molecule has 1 N–H and O–H groups in total. The van der Waals surface area contributed by atoms with Crippen molar-refractivity contribution in [1.29, 1.82) is 0 Å². The Labute approximate surface area is 87.5 Å². The highest BCUT2D eigenvalue weighted by atomic mass is 35.5. The maximum atomic E-state index is 9.14. The zero-order valence-corrected chi connectivity index (χ0v) is 8.48. The van der Waals surface area contributed by atoms with Crippen LogP contribution >= 0.6 is 11.6 Å². The first-order valence-corrected chi connectivity index (χ1v) is 5.04. The third-order valence-corrected chi connectivity index (χ3v) is 2.66. The number of aromatic nitrogens is 2. The highest BCUT2D eigenvalue weighted by molar-refractivity contribution is 6.29. The Morgan fingerprint density at radius 1 is 1.57 bits per heavy atom. The molecule has 0 radical (unpaired) electrons. The molecule has 1 atom stereocenters. The van der Waals surface area contributed by atoms with Crippen molar-refractivity contribution < 1.29 is 5.11 Å². The standard InChI is InChI=1S/C9H12ClN3O/c10-8-4-11-5-9(12-8)13-3-1-2-7(13)6-14/h4-5,7,14H,1-3,6H2/t7-/m1/s1. The second-order valence-electron chi connectivity index (χ2n) is 3.37. The van der Waals surface area contributed by atoms with Gasteiger partial charge < -0.3 is 10.0 Å². The molecule has 4 nitrogen and oxygen atoms in total. The molecule has 0 bridgehead atoms. The maximum Gasteiger partial charge on any atom is 0.149 e. The number of aliphatic hydroxyl groups is 1. The van der Waals surface area contributed by atoms with E-state index in [2.05, 4.69) is 14.9 Å². The Morgan fingerprint density at radius 2 is 2.43 bits per heavy atom. The number of anilines is 1. The van der Waals surface area contributed by atoms with E-state index in [1.165, 1.54) is 6.20 Å². The molecule has 1 aliphatic heterocycles. The molecule has 5 heteroatoms. The van der Waals surface area contributed by atoms with Crippen LogP contribution in [0.2, 0.25) is 5.15 Å². The van der Waals surface area contributed by atoms with Gasteiger partial charge in [-0.15, -0.1) is 0 Å². The quantitative estimate of drug-likeness (QED) is 0.799. The number of rotatable bonds is 2. The fourth-order valence-corrected chi connectivity index (χ4v) is 1.94. The molecule has 0 unspecified atom stereocenters. The Morgan fingerprint density at radius 3 is 3.14 bits per heavy atom. The fourth-order valence-electron chi connectivity index (χ4n) is 1.80. The van der Waals surface area contributed by atoms with Crippen LogP contribution in [0, 0.1) is 0 Å². The summed E-state index contributed by atoms with van der Waals surface area (Å²) in [5.74, 6) is 0.758. The minimum Gasteiger partial charge on any atom is -0.394 e. The van der Waals surface area contributed by atoms with Crippen molar-refractivity contribution in [2.24, 2.45) is 0 Å². The summed E-state index contributed by atoms with van der Waals surface area (Å²) in [6.07, 6.45) is 5.28. The van der Waals surface area contributed by atoms with E-state index in [-0.39, 0.29) is 12.6 Å². The molecule has 2 rings (SSSR count). The lowest BCUT2D eigenvalue weighted by Gasteiger charge is -2.23. The molecule has 1 aromatic rings. The minimum absolute atomic E-state index is 0.161. The van der Waals surface area contributed by atoms with Crippen LogP contribution in [0.15, 0.2) is 12.4 Å². The molecule has 1 aliphatic rings. The van der Waals surface area contributed by atoms with E-state index >= 15 is 0 Å². The van der Waals surface area contributed by atoms with E-state index in [0.29, 0.717) is 5.15 Å². The first kappa shape index (κ1) is 9.68. The summed E-state index contributed by atoms with van der Waals surface area (Å²) >= 11 is 5.75. The molecule has 14 heavy (non-hydrogen) atoms. The van der Waals surface area contributed by atoms with Crippen LogP contribution in [-0.2, 0) is 0 Å². The number of hydrogen-bond acceptors (Lipinski definition) is 4. The van der Waals surface area contributed by atoms with Gasteiger partial charge in [0.25, 0.3) is 0 Å². The zero-order chi connectivity index (χ0) is 9.97. The van der Waals surface area contributed by atoms with Crippen molar-refractivity contribution >= 4 is 17.4 Å². The molecule has 0 aromatic carbocycles. The van der Waals surface area contributed by atoms with E-state index in [0.717, 1.165) is 25.2 Å². The largest absolute Gasteiger partial charge is 0.394 e. The number of aliphatic hydroxyl groups excluding tert-OH is 1. The second kappa shape index (κ2) is 4.11. The van der Waals surface area contributed by atoms with Crippen molar-refractivity contribution in [3.05, 3.63) is 17.5 Å². The van der Waals surface area contributed by atoms with Crippen LogP contribution in [0.4, 0.5) is 5.82 Å². The SMILES string of the molecule is OC[C@H]1CCCN1c1cncc(Cl)n1. The van der Waals surface area contributed by atoms with Crippen molar-refractivity contribution in [3.63, 3.8) is 0 Å². The first-order chi connectivity index (χ1) is 6.81. The van der Waals surface area contributed by atoms with Gasteiger partial charge in [-0.05, 0) is 12.8 Å². The van der Waals surface area contributed by atoms with Gasteiger partial charge in [-0.25, -0.2) is 4.98 Å². The Kier molecular flexibility index (Phi) is 2.84. The van der Waals surface area contributed by atoms with Crippen LogP contribution in [0.1, 0.15) is 12.8 Å². The normalized spacial score (nSPS) is 21.6. The summed E-state index contributed by atoms with van der Waals surface area (Å²) in [5, 5.41) is 9.54. The molecule has 0 saturated carbocycles. The average Bonchev–Trinajstić information content (AvgIpc) is 2.65. The van der Waals surface area contributed by atoms with E-state index in [1.54, 1.807) is 6.20 Å². The second-order valence-corrected chi connectivity index (χ2v) is 3.76. The summed E-state index contributed by atoms with van der Waals surface area (Å²) in [6.45, 7) is 1.08. The molecule has 1 saturated heterocycles. The molecule has 1 aromatic heterocycles. The van der Waals surface area contributed by atoms with Crippen LogP contribution in [0.3, 0.4) is 0 Å². The van der Waals surface area contributed by atoms with Crippen molar-refractivity contribution in [2.45, 2.75) is 18.9 Å². The van der Waals surface area contributed by atoms with Gasteiger partial charge in [0.15, 0.2) is 0 Å². The Balaban J connectivity index is 2.21. The number of hydrogen-bond donors (Lipinski definition) is 1. The molecule has 0 aliphatic carbocycles. The van der Waals surface area contributed by atoms with E-state index < -0.39 is 0 Å². The van der Waals surface area contributed by atoms with Crippen molar-refractivity contribution in [1.82, 2.24) is 9.97 Å². The van der Waals surface area contributed by atoms with E-state index in [4.69, 9.17) is 16.7 Å². The Bertz CT molecular complexity index is 321. The predicted octanol–water partition coefficient (Wildman–Crippen LogP) is 1.09. The van der Waals surface area contributed by atoms with Gasteiger partial charge in [-0.2, -0.15) is 0 Å². The van der Waals surface area contributed by atoms with Crippen LogP contribution in [-0.4, -0.2) is 34.3 Å². The molecule has 1 fully saturated rings. The van der Waals surface area contributed by atoms with Gasteiger partial charge in [0, 0.05) is 6.54 Å². The Hall–Kier alpha value is -0.870. The van der Waals surface area contributed by atoms with Gasteiger partial charge in [-0.1, -0.05) is 11.6 Å². The molecule has 0 amide bonds. The molecule has 76 valence electrons. The maximum absolute atomic E-state index is 9.14. The summed E-state index contributed by atoms with van der Waals surface area (Å²) in [7, 11) is 0. The van der Waals surface area contributed by atoms with Crippen LogP contribution in [0.25, 0.3) is 0 Å². The molecular weight excluding hydrogens is 202 g/mol. The van der Waals surface area contributed by atoms with Crippen LogP contribution in [0.5, 0.6) is 0 Å².